The molecular formula is C30H44FN3O3. The Morgan fingerprint density at radius 3 is 2.62 bits per heavy atom. The molecule has 0 aromatic heterocycles. The molecule has 3 rings (SSSR count). The van der Waals surface area contributed by atoms with Gasteiger partial charge in [-0.15, -0.1) is 0 Å². The predicted molar refractivity (Wildman–Crippen MR) is 147 cm³/mol. The zero-order valence-electron chi connectivity index (χ0n) is 23.4. The van der Waals surface area contributed by atoms with Crippen LogP contribution < -0.4 is 14.8 Å². The van der Waals surface area contributed by atoms with E-state index in [1.165, 1.54) is 35.9 Å². The number of benzene rings is 2. The van der Waals surface area contributed by atoms with E-state index in [1.54, 1.807) is 6.07 Å². The highest BCUT2D eigenvalue weighted by molar-refractivity contribution is 5.94. The van der Waals surface area contributed by atoms with Crippen molar-refractivity contribution in [1.29, 1.82) is 0 Å². The van der Waals surface area contributed by atoms with Gasteiger partial charge >= 0.3 is 0 Å². The minimum Gasteiger partial charge on any atom is -0.494 e. The molecule has 2 aromatic carbocycles. The van der Waals surface area contributed by atoms with Crippen molar-refractivity contribution in [3.63, 3.8) is 0 Å². The van der Waals surface area contributed by atoms with Crippen molar-refractivity contribution in [2.45, 2.75) is 52.5 Å². The van der Waals surface area contributed by atoms with Crippen LogP contribution in [0, 0.1) is 25.6 Å². The van der Waals surface area contributed by atoms with Gasteiger partial charge in [-0.1, -0.05) is 6.07 Å². The third-order valence-corrected chi connectivity index (χ3v) is 7.55. The fraction of sp³-hybridized carbons (Fsp3) is 0.567. The van der Waals surface area contributed by atoms with Gasteiger partial charge in [-0.3, -0.25) is 9.69 Å². The Morgan fingerprint density at radius 1 is 1.16 bits per heavy atom. The molecule has 2 aromatic rings. The van der Waals surface area contributed by atoms with Crippen LogP contribution in [0.15, 0.2) is 30.3 Å². The van der Waals surface area contributed by atoms with Crippen LogP contribution in [-0.2, 0) is 0 Å². The summed E-state index contributed by atoms with van der Waals surface area (Å²) >= 11 is 0. The first-order valence-electron chi connectivity index (χ1n) is 13.4. The summed E-state index contributed by atoms with van der Waals surface area (Å²) < 4.78 is 25.0. The second kappa shape index (κ2) is 13.8. The lowest BCUT2D eigenvalue weighted by atomic mass is 9.92. The largest absolute Gasteiger partial charge is 0.494 e. The molecule has 1 N–H and O–H groups in total. The van der Waals surface area contributed by atoms with Gasteiger partial charge in [0.15, 0.2) is 11.6 Å². The number of hydrogen-bond acceptors (Lipinski definition) is 5. The number of ether oxygens (including phenoxy) is 2. The number of nitrogens with one attached hydrogen (secondary N) is 1. The molecule has 204 valence electrons. The Hall–Kier alpha value is -2.64. The number of halogens is 1. The smallest absolute Gasteiger partial charge is 0.251 e. The van der Waals surface area contributed by atoms with E-state index in [4.69, 9.17) is 9.47 Å². The van der Waals surface area contributed by atoms with Crippen LogP contribution >= 0.6 is 0 Å². The topological polar surface area (TPSA) is 54.0 Å². The third kappa shape index (κ3) is 7.92. The maximum atomic E-state index is 14.0. The molecule has 1 saturated heterocycles. The van der Waals surface area contributed by atoms with E-state index in [0.717, 1.165) is 57.7 Å². The summed E-state index contributed by atoms with van der Waals surface area (Å²) in [5, 5.41) is 3.00. The molecule has 2 atom stereocenters. The molecule has 6 nitrogen and oxygen atoms in total. The summed E-state index contributed by atoms with van der Waals surface area (Å²) in [4.78, 5) is 17.3. The molecule has 1 fully saturated rings. The molecule has 7 heteroatoms. The van der Waals surface area contributed by atoms with Gasteiger partial charge in [0.2, 0.25) is 0 Å². The molecule has 0 bridgehead atoms. The number of carbonyl (C=O) groups is 1. The Balaban J connectivity index is 1.54. The standard InChI is InChI=1S/C30H44FN3O3/c1-21-22(2)28(37-17-8-7-15-33(4)5)14-12-26(21)23(3)34-16-9-10-24(20-34)19-32-30(35)25-11-13-29(36-6)27(31)18-25/h11-14,18,23-24H,7-10,15-17,19-20H2,1-6H3,(H,32,35). The van der Waals surface area contributed by atoms with Crippen LogP contribution in [0.25, 0.3) is 0 Å². The van der Waals surface area contributed by atoms with Gasteiger partial charge in [-0.2, -0.15) is 0 Å². The molecule has 1 amide bonds. The first-order chi connectivity index (χ1) is 17.7. The average Bonchev–Trinajstić information content (AvgIpc) is 2.89. The average molecular weight is 514 g/mol. The number of unbranched alkanes of at least 4 members (excludes halogenated alkanes) is 1. The number of methoxy groups -OCH3 is 1. The summed E-state index contributed by atoms with van der Waals surface area (Å²) in [6, 6.07) is 8.92. The lowest BCUT2D eigenvalue weighted by molar-refractivity contribution is 0.0917. The Kier molecular flexibility index (Phi) is 10.8. The molecule has 1 heterocycles. The minimum absolute atomic E-state index is 0.138. The predicted octanol–water partition coefficient (Wildman–Crippen LogP) is 5.37. The fourth-order valence-corrected chi connectivity index (χ4v) is 5.10. The number of piperidine rings is 1. The first-order valence-corrected chi connectivity index (χ1v) is 13.4. The molecule has 2 unspecified atom stereocenters. The van der Waals surface area contributed by atoms with Crippen LogP contribution in [0.5, 0.6) is 11.5 Å². The molecular weight excluding hydrogens is 469 g/mol. The number of carbonyl (C=O) groups excluding carboxylic acids is 1. The first kappa shape index (κ1) is 28.9. The molecule has 0 aliphatic carbocycles. The van der Waals surface area contributed by atoms with Gasteiger partial charge < -0.3 is 19.7 Å². The van der Waals surface area contributed by atoms with E-state index in [-0.39, 0.29) is 17.7 Å². The van der Waals surface area contributed by atoms with E-state index in [2.05, 4.69) is 62.1 Å². The van der Waals surface area contributed by atoms with Crippen molar-refractivity contribution >= 4 is 5.91 Å². The molecule has 1 aliphatic rings. The monoisotopic (exact) mass is 513 g/mol. The SMILES string of the molecule is COc1ccc(C(=O)NCC2CCCN(C(C)c3ccc(OCCCCN(C)C)c(C)c3C)C2)cc1F. The summed E-state index contributed by atoms with van der Waals surface area (Å²) in [5.74, 6) is 0.690. The van der Waals surface area contributed by atoms with Gasteiger partial charge in [0.05, 0.1) is 13.7 Å². The number of nitrogens with zero attached hydrogens (tertiary/aromatic N) is 2. The zero-order chi connectivity index (χ0) is 26.9. The van der Waals surface area contributed by atoms with Crippen molar-refractivity contribution in [2.24, 2.45) is 5.92 Å². The second-order valence-electron chi connectivity index (χ2n) is 10.5. The van der Waals surface area contributed by atoms with E-state index in [0.29, 0.717) is 18.0 Å². The van der Waals surface area contributed by atoms with Crippen molar-refractivity contribution in [3.05, 3.63) is 58.4 Å². The number of rotatable bonds is 12. The zero-order valence-corrected chi connectivity index (χ0v) is 23.4. The molecule has 0 spiro atoms. The summed E-state index contributed by atoms with van der Waals surface area (Å²) in [5.41, 5.74) is 4.14. The number of hydrogen-bond donors (Lipinski definition) is 1. The maximum absolute atomic E-state index is 14.0. The van der Waals surface area contributed by atoms with Gasteiger partial charge in [-0.05, 0) is 121 Å². The third-order valence-electron chi connectivity index (χ3n) is 7.55. The van der Waals surface area contributed by atoms with Crippen molar-refractivity contribution < 1.29 is 18.7 Å². The Bertz CT molecular complexity index is 1040. The normalized spacial score (nSPS) is 17.0. The van der Waals surface area contributed by atoms with Crippen LogP contribution in [-0.4, -0.2) is 69.7 Å². The summed E-state index contributed by atoms with van der Waals surface area (Å²) in [7, 11) is 5.60. The number of amides is 1. The highest BCUT2D eigenvalue weighted by Crippen LogP contribution is 2.33. The lowest BCUT2D eigenvalue weighted by Gasteiger charge is -2.38. The highest BCUT2D eigenvalue weighted by atomic mass is 19.1. The Morgan fingerprint density at radius 2 is 1.92 bits per heavy atom. The summed E-state index contributed by atoms with van der Waals surface area (Å²) in [6.07, 6.45) is 4.34. The molecule has 0 saturated carbocycles. The van der Waals surface area contributed by atoms with Crippen molar-refractivity contribution in [2.75, 3.05) is 54.0 Å². The van der Waals surface area contributed by atoms with E-state index in [9.17, 15) is 9.18 Å². The molecule has 0 radical (unpaired) electrons. The van der Waals surface area contributed by atoms with Crippen LogP contribution in [0.1, 0.15) is 65.7 Å². The van der Waals surface area contributed by atoms with Gasteiger partial charge in [-0.25, -0.2) is 4.39 Å². The van der Waals surface area contributed by atoms with E-state index >= 15 is 0 Å². The van der Waals surface area contributed by atoms with Crippen molar-refractivity contribution in [1.82, 2.24) is 15.1 Å². The van der Waals surface area contributed by atoms with Crippen LogP contribution in [0.3, 0.4) is 0 Å². The van der Waals surface area contributed by atoms with Crippen LogP contribution in [0.4, 0.5) is 4.39 Å². The second-order valence-corrected chi connectivity index (χ2v) is 10.5. The minimum atomic E-state index is -0.528. The van der Waals surface area contributed by atoms with Gasteiger partial charge in [0, 0.05) is 24.7 Å². The fourth-order valence-electron chi connectivity index (χ4n) is 5.10. The van der Waals surface area contributed by atoms with E-state index in [1.807, 2.05) is 0 Å². The van der Waals surface area contributed by atoms with Crippen molar-refractivity contribution in [3.8, 4) is 11.5 Å². The molecule has 37 heavy (non-hydrogen) atoms. The van der Waals surface area contributed by atoms with Crippen LogP contribution in [0.2, 0.25) is 0 Å². The number of likely N-dealkylation sites (tertiary alicyclic amines) is 1. The maximum Gasteiger partial charge on any atom is 0.251 e. The van der Waals surface area contributed by atoms with Gasteiger partial charge in [0.25, 0.3) is 5.91 Å². The highest BCUT2D eigenvalue weighted by Gasteiger charge is 2.26. The lowest BCUT2D eigenvalue weighted by Crippen LogP contribution is -2.42. The summed E-state index contributed by atoms with van der Waals surface area (Å²) in [6.45, 7) is 11.0. The quantitative estimate of drug-likeness (QED) is 0.387. The Labute approximate surface area is 222 Å². The molecule has 1 aliphatic heterocycles. The van der Waals surface area contributed by atoms with Gasteiger partial charge in [0.1, 0.15) is 5.75 Å². The van der Waals surface area contributed by atoms with E-state index < -0.39 is 5.82 Å².